The maximum atomic E-state index is 9.00. The lowest BCUT2D eigenvalue weighted by Gasteiger charge is -2.10. The minimum atomic E-state index is -0.833. The van der Waals surface area contributed by atoms with Crippen molar-refractivity contribution in [1.82, 2.24) is 4.90 Å². The van der Waals surface area contributed by atoms with Crippen LogP contribution in [0.1, 0.15) is 45.4 Å². The van der Waals surface area contributed by atoms with E-state index in [2.05, 4.69) is 61.5 Å². The van der Waals surface area contributed by atoms with Crippen molar-refractivity contribution in [2.75, 3.05) is 27.2 Å². The number of carbonyl (C=O) groups is 1. The number of fused-ring (bicyclic) bond motifs is 1. The monoisotopic (exact) mass is 359 g/mol. The quantitative estimate of drug-likeness (QED) is 0.592. The van der Waals surface area contributed by atoms with E-state index in [0.717, 1.165) is 25.7 Å². The zero-order valence-electron chi connectivity index (χ0n) is 16.4. The third-order valence-electron chi connectivity index (χ3n) is 4.01. The van der Waals surface area contributed by atoms with E-state index < -0.39 is 5.97 Å². The number of aliphatic carboxylic acids is 1. The van der Waals surface area contributed by atoms with Gasteiger partial charge in [0.2, 0.25) is 0 Å². The molecule has 0 bridgehead atoms. The molecule has 0 aliphatic heterocycles. The maximum absolute atomic E-state index is 9.00. The van der Waals surface area contributed by atoms with Crippen LogP contribution < -0.4 is 4.74 Å². The molecule has 2 rings (SSSR count). The van der Waals surface area contributed by atoms with E-state index in [1.54, 1.807) is 0 Å². The van der Waals surface area contributed by atoms with Crippen LogP contribution in [0.5, 0.6) is 5.75 Å². The van der Waals surface area contributed by atoms with Gasteiger partial charge in [0.05, 0.1) is 6.61 Å². The minimum absolute atomic E-state index is 0.825. The molecule has 4 heteroatoms. The van der Waals surface area contributed by atoms with Crippen LogP contribution in [-0.4, -0.2) is 43.2 Å². The molecule has 0 heterocycles. The lowest BCUT2D eigenvalue weighted by molar-refractivity contribution is -0.134. The van der Waals surface area contributed by atoms with Crippen molar-refractivity contribution in [3.8, 4) is 5.75 Å². The van der Waals surface area contributed by atoms with Gasteiger partial charge in [-0.2, -0.15) is 0 Å². The Labute approximate surface area is 157 Å². The summed E-state index contributed by atoms with van der Waals surface area (Å²) in [7, 11) is 4.29. The van der Waals surface area contributed by atoms with Crippen LogP contribution in [-0.2, 0) is 4.79 Å². The van der Waals surface area contributed by atoms with E-state index in [4.69, 9.17) is 14.6 Å². The van der Waals surface area contributed by atoms with Crippen LogP contribution >= 0.6 is 0 Å². The second-order valence-corrected chi connectivity index (χ2v) is 6.77. The number of carboxylic acid groups (broad SMARTS) is 1. The number of nitrogens with zero attached hydrogens (tertiary/aromatic N) is 1. The van der Waals surface area contributed by atoms with Crippen LogP contribution in [0.25, 0.3) is 10.8 Å². The van der Waals surface area contributed by atoms with Crippen LogP contribution in [0.3, 0.4) is 0 Å². The molecule has 4 nitrogen and oxygen atoms in total. The molecule has 0 aromatic heterocycles. The van der Waals surface area contributed by atoms with Gasteiger partial charge >= 0.3 is 0 Å². The van der Waals surface area contributed by atoms with Gasteiger partial charge in [0.25, 0.3) is 5.97 Å². The Morgan fingerprint density at radius 2 is 1.50 bits per heavy atom. The molecule has 0 aliphatic carbocycles. The first-order valence-corrected chi connectivity index (χ1v) is 9.45. The number of rotatable bonds is 10. The second-order valence-electron chi connectivity index (χ2n) is 6.77. The first kappa shape index (κ1) is 22.0. The van der Waals surface area contributed by atoms with Crippen molar-refractivity contribution in [2.24, 2.45) is 0 Å². The summed E-state index contributed by atoms with van der Waals surface area (Å²) in [5, 5.41) is 9.88. The summed E-state index contributed by atoms with van der Waals surface area (Å²) in [6.45, 7) is 3.12. The first-order chi connectivity index (χ1) is 12.5. The van der Waals surface area contributed by atoms with Crippen LogP contribution in [0, 0.1) is 0 Å². The van der Waals surface area contributed by atoms with Gasteiger partial charge in [-0.05, 0) is 44.9 Å². The number of ether oxygens (including phenoxy) is 1. The van der Waals surface area contributed by atoms with Crippen molar-refractivity contribution >= 4 is 16.7 Å². The van der Waals surface area contributed by atoms with Crippen LogP contribution in [0.15, 0.2) is 42.5 Å². The largest absolute Gasteiger partial charge is 0.493 e. The Bertz CT molecular complexity index is 631. The summed E-state index contributed by atoms with van der Waals surface area (Å²) >= 11 is 0. The van der Waals surface area contributed by atoms with Crippen molar-refractivity contribution < 1.29 is 14.6 Å². The van der Waals surface area contributed by atoms with E-state index >= 15 is 0 Å². The molecule has 0 spiro atoms. The van der Waals surface area contributed by atoms with Crippen LogP contribution in [0.4, 0.5) is 0 Å². The topological polar surface area (TPSA) is 49.8 Å². The second kappa shape index (κ2) is 13.2. The number of unbranched alkanes of at least 4 members (excludes halogenated alkanes) is 5. The summed E-state index contributed by atoms with van der Waals surface area (Å²) in [6.07, 6.45) is 7.76. The summed E-state index contributed by atoms with van der Waals surface area (Å²) in [4.78, 5) is 11.3. The van der Waals surface area contributed by atoms with Crippen molar-refractivity contribution in [3.63, 3.8) is 0 Å². The van der Waals surface area contributed by atoms with E-state index in [9.17, 15) is 0 Å². The van der Waals surface area contributed by atoms with Crippen LogP contribution in [0.2, 0.25) is 0 Å². The molecule has 0 aliphatic rings. The van der Waals surface area contributed by atoms with E-state index in [1.165, 1.54) is 49.4 Å². The molecular weight excluding hydrogens is 326 g/mol. The highest BCUT2D eigenvalue weighted by molar-refractivity contribution is 5.88. The number of hydrogen-bond acceptors (Lipinski definition) is 3. The van der Waals surface area contributed by atoms with Crippen molar-refractivity contribution in [3.05, 3.63) is 42.5 Å². The third-order valence-corrected chi connectivity index (χ3v) is 4.01. The Balaban J connectivity index is 0.000000765. The first-order valence-electron chi connectivity index (χ1n) is 9.45. The predicted molar refractivity (Wildman–Crippen MR) is 109 cm³/mol. The van der Waals surface area contributed by atoms with E-state index in [0.29, 0.717) is 0 Å². The predicted octanol–water partition coefficient (Wildman–Crippen LogP) is 5.21. The Kier molecular flexibility index (Phi) is 11.1. The average molecular weight is 360 g/mol. The van der Waals surface area contributed by atoms with Crippen molar-refractivity contribution in [1.29, 1.82) is 0 Å². The molecule has 26 heavy (non-hydrogen) atoms. The summed E-state index contributed by atoms with van der Waals surface area (Å²) < 4.78 is 5.97. The summed E-state index contributed by atoms with van der Waals surface area (Å²) in [6, 6.07) is 14.7. The molecule has 1 N–H and O–H groups in total. The highest BCUT2D eigenvalue weighted by Gasteiger charge is 2.00. The van der Waals surface area contributed by atoms with Gasteiger partial charge in [-0.1, -0.05) is 62.1 Å². The van der Waals surface area contributed by atoms with Crippen molar-refractivity contribution in [2.45, 2.75) is 45.4 Å². The van der Waals surface area contributed by atoms with Gasteiger partial charge < -0.3 is 14.7 Å². The molecule has 0 saturated heterocycles. The fourth-order valence-corrected chi connectivity index (χ4v) is 2.74. The lowest BCUT2D eigenvalue weighted by atomic mass is 10.1. The number of carboxylic acids is 1. The zero-order chi connectivity index (χ0) is 19.2. The Hall–Kier alpha value is -2.07. The Morgan fingerprint density at radius 1 is 0.923 bits per heavy atom. The minimum Gasteiger partial charge on any atom is -0.493 e. The highest BCUT2D eigenvalue weighted by Crippen LogP contribution is 2.25. The molecule has 0 fully saturated rings. The van der Waals surface area contributed by atoms with Gasteiger partial charge in [-0.3, -0.25) is 4.79 Å². The highest BCUT2D eigenvalue weighted by atomic mass is 16.5. The molecule has 144 valence electrons. The fourth-order valence-electron chi connectivity index (χ4n) is 2.74. The van der Waals surface area contributed by atoms with Gasteiger partial charge in [0.1, 0.15) is 5.75 Å². The molecule has 2 aromatic rings. The van der Waals surface area contributed by atoms with Gasteiger partial charge in [-0.25, -0.2) is 0 Å². The molecule has 0 amide bonds. The SMILES string of the molecule is CC(=O)O.CN(C)CCCCCCCCOc1cccc2ccccc12. The van der Waals surface area contributed by atoms with Gasteiger partial charge in [-0.15, -0.1) is 0 Å². The maximum Gasteiger partial charge on any atom is 0.300 e. The number of hydrogen-bond donors (Lipinski definition) is 1. The average Bonchev–Trinajstić information content (AvgIpc) is 2.59. The fraction of sp³-hybridized carbons (Fsp3) is 0.500. The zero-order valence-corrected chi connectivity index (χ0v) is 16.4. The summed E-state index contributed by atoms with van der Waals surface area (Å²) in [5.74, 6) is 0.184. The molecule has 0 atom stereocenters. The van der Waals surface area contributed by atoms with E-state index in [-0.39, 0.29) is 0 Å². The molecular formula is C22H33NO3. The lowest BCUT2D eigenvalue weighted by Crippen LogP contribution is -2.12. The molecule has 0 saturated carbocycles. The smallest absolute Gasteiger partial charge is 0.300 e. The van der Waals surface area contributed by atoms with Gasteiger partial charge in [0.15, 0.2) is 0 Å². The standard InChI is InChI=1S/C20H29NO.C2H4O2/c1-21(2)16-9-5-3-4-6-10-17-22-20-15-11-13-18-12-7-8-14-19(18)20;1-2(3)4/h7-8,11-15H,3-6,9-10,16-17H2,1-2H3;1H3,(H,3,4). The molecule has 0 unspecified atom stereocenters. The summed E-state index contributed by atoms with van der Waals surface area (Å²) in [5.41, 5.74) is 0. The van der Waals surface area contributed by atoms with E-state index in [1.807, 2.05) is 0 Å². The normalized spacial score (nSPS) is 10.5. The Morgan fingerprint density at radius 3 is 2.19 bits per heavy atom. The third kappa shape index (κ3) is 10.0. The molecule has 2 aromatic carbocycles. The number of benzene rings is 2. The van der Waals surface area contributed by atoms with Gasteiger partial charge in [0, 0.05) is 12.3 Å². The molecule has 0 radical (unpaired) electrons.